The number of ether oxygens (including phenoxy) is 1. The van der Waals surface area contributed by atoms with Crippen LogP contribution in [-0.4, -0.2) is 109 Å². The number of morpholine rings is 1. The Kier molecular flexibility index (Phi) is 8.79. The second kappa shape index (κ2) is 10.8. The van der Waals surface area contributed by atoms with Crippen LogP contribution in [-0.2, 0) is 9.53 Å². The molecule has 2 aliphatic rings. The molecule has 0 bridgehead atoms. The number of hydrogen-bond donors (Lipinski definition) is 2. The fourth-order valence-electron chi connectivity index (χ4n) is 3.34. The molecule has 2 saturated heterocycles. The lowest BCUT2D eigenvalue weighted by Gasteiger charge is -2.37. The van der Waals surface area contributed by atoms with Crippen molar-refractivity contribution in [3.8, 4) is 0 Å². The van der Waals surface area contributed by atoms with E-state index in [-0.39, 0.29) is 5.91 Å². The van der Waals surface area contributed by atoms with E-state index in [0.29, 0.717) is 52.2 Å². The molecule has 27 heavy (non-hydrogen) atoms. The number of piperazine rings is 1. The molecule has 0 unspecified atom stereocenters. The minimum atomic E-state index is -0.729. The monoisotopic (exact) mass is 383 g/mol. The first-order valence-corrected chi connectivity index (χ1v) is 10.3. The first kappa shape index (κ1) is 21.9. The molecular weight excluding hydrogens is 346 g/mol. The maximum absolute atomic E-state index is 12.4. The molecule has 156 valence electrons. The minimum Gasteiger partial charge on any atom is -0.388 e. The third-order valence-electron chi connectivity index (χ3n) is 5.57. The van der Waals surface area contributed by atoms with E-state index in [1.54, 1.807) is 0 Å². The van der Waals surface area contributed by atoms with Crippen LogP contribution in [0.1, 0.15) is 33.6 Å². The maximum atomic E-state index is 12.4. The van der Waals surface area contributed by atoms with Crippen molar-refractivity contribution in [3.05, 3.63) is 0 Å². The lowest BCUT2D eigenvalue weighted by atomic mass is 9.98. The predicted molar refractivity (Wildman–Crippen MR) is 107 cm³/mol. The van der Waals surface area contributed by atoms with Gasteiger partial charge in [-0.15, -0.1) is 0 Å². The Morgan fingerprint density at radius 3 is 2.22 bits per heavy atom. The topological polar surface area (TPSA) is 80.6 Å². The van der Waals surface area contributed by atoms with Gasteiger partial charge in [-0.3, -0.25) is 14.7 Å². The summed E-state index contributed by atoms with van der Waals surface area (Å²) in [6.45, 7) is 13.8. The normalized spacial score (nSPS) is 20.1. The summed E-state index contributed by atoms with van der Waals surface area (Å²) in [6.07, 6.45) is 1.40. The van der Waals surface area contributed by atoms with Crippen LogP contribution in [0, 0.1) is 0 Å². The molecule has 0 aliphatic carbocycles. The highest BCUT2D eigenvalue weighted by atomic mass is 16.5. The van der Waals surface area contributed by atoms with Crippen LogP contribution in [0.15, 0.2) is 4.99 Å². The lowest BCUT2D eigenvalue weighted by molar-refractivity contribution is -0.136. The average Bonchev–Trinajstić information content (AvgIpc) is 2.72. The van der Waals surface area contributed by atoms with Gasteiger partial charge >= 0.3 is 0 Å². The fraction of sp³-hybridized carbons (Fsp3) is 0.895. The molecule has 0 spiro atoms. The highest BCUT2D eigenvalue weighted by molar-refractivity contribution is 5.80. The first-order chi connectivity index (χ1) is 13.0. The quantitative estimate of drug-likeness (QED) is 0.475. The summed E-state index contributed by atoms with van der Waals surface area (Å²) < 4.78 is 5.31. The summed E-state index contributed by atoms with van der Waals surface area (Å²) in [7, 11) is 0. The number of carbonyl (C=O) groups is 1. The van der Waals surface area contributed by atoms with E-state index >= 15 is 0 Å². The average molecular weight is 384 g/mol. The Bertz CT molecular complexity index is 482. The van der Waals surface area contributed by atoms with Crippen LogP contribution in [0.5, 0.6) is 0 Å². The Morgan fingerprint density at radius 2 is 1.67 bits per heavy atom. The molecule has 2 fully saturated rings. The molecule has 2 N–H and O–H groups in total. The Hall–Kier alpha value is -1.38. The largest absolute Gasteiger partial charge is 0.388 e. The number of carbonyl (C=O) groups excluding carboxylic acids is 1. The number of hydrogen-bond acceptors (Lipinski definition) is 5. The van der Waals surface area contributed by atoms with Crippen molar-refractivity contribution in [1.29, 1.82) is 0 Å². The summed E-state index contributed by atoms with van der Waals surface area (Å²) in [4.78, 5) is 23.4. The third-order valence-corrected chi connectivity index (χ3v) is 5.57. The molecule has 1 amide bonds. The molecule has 8 heteroatoms. The zero-order valence-corrected chi connectivity index (χ0v) is 17.2. The van der Waals surface area contributed by atoms with Crippen molar-refractivity contribution in [3.63, 3.8) is 0 Å². The van der Waals surface area contributed by atoms with Crippen LogP contribution in [0.3, 0.4) is 0 Å². The molecule has 2 heterocycles. The minimum absolute atomic E-state index is 0.197. The van der Waals surface area contributed by atoms with Crippen LogP contribution < -0.4 is 5.32 Å². The second-order valence-corrected chi connectivity index (χ2v) is 7.36. The van der Waals surface area contributed by atoms with Gasteiger partial charge in [0.05, 0.1) is 31.9 Å². The molecular formula is C19H37N5O3. The standard InChI is InChI=1S/C19H37N5O3/c1-4-19(26,5-2)16-21-18(20-6-3)24-9-7-22(8-10-24)15-17(25)23-11-13-27-14-12-23/h26H,4-16H2,1-3H3,(H,20,21). The van der Waals surface area contributed by atoms with Crippen LogP contribution in [0.2, 0.25) is 0 Å². The van der Waals surface area contributed by atoms with Gasteiger partial charge in [-0.25, -0.2) is 0 Å². The summed E-state index contributed by atoms with van der Waals surface area (Å²) in [5, 5.41) is 13.8. The number of guanidine groups is 1. The van der Waals surface area contributed by atoms with E-state index in [4.69, 9.17) is 4.74 Å². The number of aliphatic imine (C=N–C) groups is 1. The summed E-state index contributed by atoms with van der Waals surface area (Å²) in [6, 6.07) is 0. The predicted octanol–water partition coefficient (Wildman–Crippen LogP) is -0.0206. The van der Waals surface area contributed by atoms with E-state index in [1.165, 1.54) is 0 Å². The number of amides is 1. The molecule has 0 saturated carbocycles. The SMILES string of the molecule is CCNC(=NCC(O)(CC)CC)N1CCN(CC(=O)N2CCOCC2)CC1. The van der Waals surface area contributed by atoms with Crippen LogP contribution >= 0.6 is 0 Å². The van der Waals surface area contributed by atoms with E-state index in [0.717, 1.165) is 38.7 Å². The summed E-state index contributed by atoms with van der Waals surface area (Å²) in [5.41, 5.74) is -0.729. The smallest absolute Gasteiger partial charge is 0.236 e. The number of aliphatic hydroxyl groups is 1. The van der Waals surface area contributed by atoms with Gasteiger partial charge in [0.2, 0.25) is 5.91 Å². The van der Waals surface area contributed by atoms with Gasteiger partial charge in [0, 0.05) is 45.8 Å². The van der Waals surface area contributed by atoms with E-state index in [9.17, 15) is 9.90 Å². The van der Waals surface area contributed by atoms with Crippen molar-refractivity contribution in [2.45, 2.75) is 39.2 Å². The second-order valence-electron chi connectivity index (χ2n) is 7.36. The highest BCUT2D eigenvalue weighted by Crippen LogP contribution is 2.15. The van der Waals surface area contributed by atoms with Crippen LogP contribution in [0.4, 0.5) is 0 Å². The zero-order valence-electron chi connectivity index (χ0n) is 17.2. The summed E-state index contributed by atoms with van der Waals surface area (Å²) >= 11 is 0. The van der Waals surface area contributed by atoms with Gasteiger partial charge < -0.3 is 25.0 Å². The van der Waals surface area contributed by atoms with E-state index in [2.05, 4.69) is 27.0 Å². The zero-order chi connectivity index (χ0) is 19.7. The molecule has 2 rings (SSSR count). The van der Waals surface area contributed by atoms with Crippen molar-refractivity contribution < 1.29 is 14.6 Å². The van der Waals surface area contributed by atoms with Crippen molar-refractivity contribution in [2.24, 2.45) is 4.99 Å². The molecule has 0 atom stereocenters. The Morgan fingerprint density at radius 1 is 1.04 bits per heavy atom. The highest BCUT2D eigenvalue weighted by Gasteiger charge is 2.26. The molecule has 0 aromatic carbocycles. The van der Waals surface area contributed by atoms with Gasteiger partial charge in [0.15, 0.2) is 5.96 Å². The lowest BCUT2D eigenvalue weighted by Crippen LogP contribution is -2.55. The van der Waals surface area contributed by atoms with Crippen molar-refractivity contribution in [2.75, 3.05) is 72.1 Å². The van der Waals surface area contributed by atoms with Gasteiger partial charge in [-0.05, 0) is 19.8 Å². The van der Waals surface area contributed by atoms with E-state index < -0.39 is 5.60 Å². The Balaban J connectivity index is 1.84. The fourth-order valence-corrected chi connectivity index (χ4v) is 3.34. The van der Waals surface area contributed by atoms with Crippen molar-refractivity contribution in [1.82, 2.24) is 20.0 Å². The molecule has 0 radical (unpaired) electrons. The molecule has 0 aromatic heterocycles. The van der Waals surface area contributed by atoms with Gasteiger partial charge in [0.25, 0.3) is 0 Å². The maximum Gasteiger partial charge on any atom is 0.236 e. The van der Waals surface area contributed by atoms with E-state index in [1.807, 2.05) is 18.7 Å². The number of nitrogens with one attached hydrogen (secondary N) is 1. The Labute approximate surface area is 163 Å². The molecule has 2 aliphatic heterocycles. The number of nitrogens with zero attached hydrogens (tertiary/aromatic N) is 4. The van der Waals surface area contributed by atoms with Crippen molar-refractivity contribution >= 4 is 11.9 Å². The molecule has 0 aromatic rings. The first-order valence-electron chi connectivity index (χ1n) is 10.3. The number of rotatable bonds is 7. The van der Waals surface area contributed by atoms with Gasteiger partial charge in [-0.1, -0.05) is 13.8 Å². The van der Waals surface area contributed by atoms with Gasteiger partial charge in [0.1, 0.15) is 0 Å². The third kappa shape index (κ3) is 6.62. The molecule has 8 nitrogen and oxygen atoms in total. The summed E-state index contributed by atoms with van der Waals surface area (Å²) in [5.74, 6) is 1.06. The van der Waals surface area contributed by atoms with Crippen LogP contribution in [0.25, 0.3) is 0 Å². The van der Waals surface area contributed by atoms with Gasteiger partial charge in [-0.2, -0.15) is 0 Å².